The van der Waals surface area contributed by atoms with Crippen molar-refractivity contribution >= 4 is 23.6 Å². The van der Waals surface area contributed by atoms with Gasteiger partial charge < -0.3 is 11.1 Å². The molecule has 6 nitrogen and oxygen atoms in total. The smallest absolute Gasteiger partial charge is 0.230 e. The Balaban J connectivity index is 2.22. The van der Waals surface area contributed by atoms with Crippen LogP contribution in [-0.2, 0) is 4.79 Å². The number of nitrogens with two attached hydrogens (primary N) is 1. The predicted molar refractivity (Wildman–Crippen MR) is 59.4 cm³/mol. The van der Waals surface area contributed by atoms with Crippen molar-refractivity contribution in [3.05, 3.63) is 0 Å². The number of carbonyl (C=O) groups is 1. The van der Waals surface area contributed by atoms with E-state index in [0.717, 1.165) is 0 Å². The molecule has 84 valence electrons. The summed E-state index contributed by atoms with van der Waals surface area (Å²) in [5.74, 6) is 1.01. The third-order valence-corrected chi connectivity index (χ3v) is 2.37. The second-order valence-electron chi connectivity index (χ2n) is 3.49. The van der Waals surface area contributed by atoms with E-state index in [1.807, 2.05) is 13.8 Å². The molecule has 0 bridgehead atoms. The molecule has 1 rings (SSSR count). The van der Waals surface area contributed by atoms with Crippen LogP contribution < -0.4 is 11.1 Å². The fraction of sp³-hybridized carbons (Fsp3) is 0.625. The quantitative estimate of drug-likeness (QED) is 0.629. The first-order chi connectivity index (χ1) is 7.08. The summed E-state index contributed by atoms with van der Waals surface area (Å²) in [6, 6.07) is 0. The second-order valence-corrected chi connectivity index (χ2v) is 4.43. The molecule has 15 heavy (non-hydrogen) atoms. The Labute approximate surface area is 92.4 Å². The molecule has 0 saturated carbocycles. The van der Waals surface area contributed by atoms with Gasteiger partial charge in [0.05, 0.1) is 5.75 Å². The molecule has 0 atom stereocenters. The van der Waals surface area contributed by atoms with E-state index in [1.54, 1.807) is 0 Å². The normalized spacial score (nSPS) is 10.6. The highest BCUT2D eigenvalue weighted by atomic mass is 32.2. The lowest BCUT2D eigenvalue weighted by molar-refractivity contribution is -0.118. The van der Waals surface area contributed by atoms with Crippen molar-refractivity contribution in [3.8, 4) is 0 Å². The zero-order chi connectivity index (χ0) is 11.3. The summed E-state index contributed by atoms with van der Waals surface area (Å²) < 4.78 is 0. The average molecular weight is 229 g/mol. The zero-order valence-electron chi connectivity index (χ0n) is 8.78. The van der Waals surface area contributed by atoms with Gasteiger partial charge in [0.15, 0.2) is 0 Å². The Morgan fingerprint density at radius 1 is 1.67 bits per heavy atom. The molecule has 0 saturated heterocycles. The van der Waals surface area contributed by atoms with E-state index >= 15 is 0 Å². The summed E-state index contributed by atoms with van der Waals surface area (Å²) in [4.78, 5) is 15.2. The van der Waals surface area contributed by atoms with Crippen LogP contribution in [0.5, 0.6) is 0 Å². The number of hydrogen-bond acceptors (Lipinski definition) is 5. The molecule has 1 amide bonds. The maximum Gasteiger partial charge on any atom is 0.230 e. The summed E-state index contributed by atoms with van der Waals surface area (Å²) in [7, 11) is 0. The SMILES string of the molecule is CC(C)CNC(=O)CSc1n[nH]c(N)n1. The van der Waals surface area contributed by atoms with E-state index in [9.17, 15) is 4.79 Å². The number of hydrogen-bond donors (Lipinski definition) is 3. The lowest BCUT2D eigenvalue weighted by Crippen LogP contribution is -2.28. The first-order valence-electron chi connectivity index (χ1n) is 4.65. The fourth-order valence-corrected chi connectivity index (χ4v) is 1.46. The molecule has 1 heterocycles. The van der Waals surface area contributed by atoms with Gasteiger partial charge in [-0.25, -0.2) is 5.10 Å². The van der Waals surface area contributed by atoms with Gasteiger partial charge in [-0.05, 0) is 5.92 Å². The van der Waals surface area contributed by atoms with Gasteiger partial charge in [0.2, 0.25) is 17.0 Å². The number of amides is 1. The van der Waals surface area contributed by atoms with Crippen LogP contribution in [0.15, 0.2) is 5.16 Å². The maximum atomic E-state index is 11.3. The van der Waals surface area contributed by atoms with E-state index < -0.39 is 0 Å². The van der Waals surface area contributed by atoms with E-state index in [2.05, 4.69) is 20.5 Å². The van der Waals surface area contributed by atoms with E-state index in [0.29, 0.717) is 23.4 Å². The number of aromatic nitrogens is 3. The van der Waals surface area contributed by atoms with Crippen molar-refractivity contribution in [2.24, 2.45) is 5.92 Å². The summed E-state index contributed by atoms with van der Waals surface area (Å²) in [5, 5.41) is 9.61. The Bertz CT molecular complexity index is 325. The minimum absolute atomic E-state index is 0.0166. The van der Waals surface area contributed by atoms with E-state index in [4.69, 9.17) is 5.73 Å². The fourth-order valence-electron chi connectivity index (χ4n) is 0.822. The molecule has 1 aromatic rings. The van der Waals surface area contributed by atoms with Gasteiger partial charge >= 0.3 is 0 Å². The monoisotopic (exact) mass is 229 g/mol. The van der Waals surface area contributed by atoms with Crippen LogP contribution in [0.25, 0.3) is 0 Å². The first-order valence-corrected chi connectivity index (χ1v) is 5.64. The molecule has 0 spiro atoms. The van der Waals surface area contributed by atoms with Crippen LogP contribution in [0, 0.1) is 5.92 Å². The van der Waals surface area contributed by atoms with Gasteiger partial charge in [0.1, 0.15) is 0 Å². The molecule has 7 heteroatoms. The first kappa shape index (κ1) is 11.8. The van der Waals surface area contributed by atoms with Crippen molar-refractivity contribution < 1.29 is 4.79 Å². The van der Waals surface area contributed by atoms with Crippen molar-refractivity contribution in [1.82, 2.24) is 20.5 Å². The van der Waals surface area contributed by atoms with E-state index in [-0.39, 0.29) is 11.9 Å². The van der Waals surface area contributed by atoms with Crippen LogP contribution in [-0.4, -0.2) is 33.4 Å². The summed E-state index contributed by atoms with van der Waals surface area (Å²) >= 11 is 1.26. The number of nitrogen functional groups attached to an aromatic ring is 1. The molecular formula is C8H15N5OS. The number of anilines is 1. The summed E-state index contributed by atoms with van der Waals surface area (Å²) in [5.41, 5.74) is 5.34. The number of H-pyrrole nitrogens is 1. The summed E-state index contributed by atoms with van der Waals surface area (Å²) in [6.07, 6.45) is 0. The van der Waals surface area contributed by atoms with Crippen LogP contribution >= 0.6 is 11.8 Å². The minimum atomic E-state index is -0.0166. The highest BCUT2D eigenvalue weighted by Crippen LogP contribution is 2.11. The van der Waals surface area contributed by atoms with Gasteiger partial charge in [-0.15, -0.1) is 5.10 Å². The number of rotatable bonds is 5. The zero-order valence-corrected chi connectivity index (χ0v) is 9.60. The third kappa shape index (κ3) is 4.68. The Morgan fingerprint density at radius 3 is 2.93 bits per heavy atom. The Hall–Kier alpha value is -1.24. The Kier molecular flexibility index (Phi) is 4.41. The van der Waals surface area contributed by atoms with Crippen LogP contribution in [0.1, 0.15) is 13.8 Å². The van der Waals surface area contributed by atoms with Crippen molar-refractivity contribution in [3.63, 3.8) is 0 Å². The van der Waals surface area contributed by atoms with Gasteiger partial charge in [0, 0.05) is 6.54 Å². The summed E-state index contributed by atoms with van der Waals surface area (Å²) in [6.45, 7) is 4.78. The number of nitrogens with one attached hydrogen (secondary N) is 2. The average Bonchev–Trinajstić information content (AvgIpc) is 2.58. The van der Waals surface area contributed by atoms with Gasteiger partial charge in [-0.1, -0.05) is 25.6 Å². The number of nitrogens with zero attached hydrogens (tertiary/aromatic N) is 2. The van der Waals surface area contributed by atoms with Crippen molar-refractivity contribution in [1.29, 1.82) is 0 Å². The lowest BCUT2D eigenvalue weighted by atomic mass is 10.2. The van der Waals surface area contributed by atoms with Gasteiger partial charge in [-0.2, -0.15) is 4.98 Å². The van der Waals surface area contributed by atoms with Crippen LogP contribution in [0.2, 0.25) is 0 Å². The number of aromatic amines is 1. The number of thioether (sulfide) groups is 1. The van der Waals surface area contributed by atoms with Crippen molar-refractivity contribution in [2.45, 2.75) is 19.0 Å². The highest BCUT2D eigenvalue weighted by Gasteiger charge is 2.06. The molecule has 0 aliphatic heterocycles. The second kappa shape index (κ2) is 5.59. The molecule has 4 N–H and O–H groups in total. The largest absolute Gasteiger partial charge is 0.368 e. The molecule has 0 fully saturated rings. The van der Waals surface area contributed by atoms with Crippen LogP contribution in [0.4, 0.5) is 5.95 Å². The topological polar surface area (TPSA) is 96.7 Å². The number of carbonyl (C=O) groups excluding carboxylic acids is 1. The van der Waals surface area contributed by atoms with E-state index in [1.165, 1.54) is 11.8 Å². The molecule has 0 aliphatic carbocycles. The third-order valence-electron chi connectivity index (χ3n) is 1.52. The molecular weight excluding hydrogens is 214 g/mol. The van der Waals surface area contributed by atoms with Gasteiger partial charge in [0.25, 0.3) is 0 Å². The highest BCUT2D eigenvalue weighted by molar-refractivity contribution is 7.99. The van der Waals surface area contributed by atoms with Crippen LogP contribution in [0.3, 0.4) is 0 Å². The lowest BCUT2D eigenvalue weighted by Gasteiger charge is -2.05. The molecule has 0 unspecified atom stereocenters. The van der Waals surface area contributed by atoms with Crippen molar-refractivity contribution in [2.75, 3.05) is 18.0 Å². The molecule has 0 aromatic carbocycles. The van der Waals surface area contributed by atoms with Gasteiger partial charge in [-0.3, -0.25) is 4.79 Å². The minimum Gasteiger partial charge on any atom is -0.368 e. The standard InChI is InChI=1S/C8H15N5OS/c1-5(2)3-10-6(14)4-15-8-11-7(9)12-13-8/h5H,3-4H2,1-2H3,(H,10,14)(H3,9,11,12,13). The molecule has 0 aliphatic rings. The Morgan fingerprint density at radius 2 is 2.40 bits per heavy atom. The maximum absolute atomic E-state index is 11.3. The molecule has 0 radical (unpaired) electrons. The molecule has 1 aromatic heterocycles. The predicted octanol–water partition coefficient (Wildman–Crippen LogP) is 0.251.